The Morgan fingerprint density at radius 1 is 1.26 bits per heavy atom. The maximum Gasteiger partial charge on any atom is 0.274 e. The van der Waals surface area contributed by atoms with Crippen LogP contribution in [0.5, 0.6) is 0 Å². The minimum Gasteiger partial charge on any atom is -0.344 e. The first-order valence-electron chi connectivity index (χ1n) is 8.10. The van der Waals surface area contributed by atoms with Crippen molar-refractivity contribution >= 4 is 27.5 Å². The van der Waals surface area contributed by atoms with Crippen molar-refractivity contribution in [3.63, 3.8) is 0 Å². The Balaban J connectivity index is 1.82. The average Bonchev–Trinajstić information content (AvgIpc) is 3.03. The molecule has 8 nitrogen and oxygen atoms in total. The Morgan fingerprint density at radius 2 is 1.96 bits per heavy atom. The zero-order valence-electron chi connectivity index (χ0n) is 14.6. The molecule has 1 atom stereocenters. The van der Waals surface area contributed by atoms with Gasteiger partial charge in [-0.2, -0.15) is 0 Å². The molecule has 2 aromatic carbocycles. The van der Waals surface area contributed by atoms with Gasteiger partial charge in [0.2, 0.25) is 0 Å². The zero-order chi connectivity index (χ0) is 19.6. The maximum atomic E-state index is 12.6. The SMILES string of the molecule is Cc1c(C(=O)NC(C)c2ccc(Br)cc2)nnn1-c1cccc([N+](=O)[O-])c1. The molecule has 1 N–H and O–H groups in total. The molecule has 0 aliphatic rings. The predicted octanol–water partition coefficient (Wildman–Crippen LogP) is 3.74. The largest absolute Gasteiger partial charge is 0.344 e. The van der Waals surface area contributed by atoms with Crippen molar-refractivity contribution in [1.82, 2.24) is 20.3 Å². The molecule has 27 heavy (non-hydrogen) atoms. The van der Waals surface area contributed by atoms with Gasteiger partial charge in [-0.1, -0.05) is 39.3 Å². The Bertz CT molecular complexity index is 1000. The van der Waals surface area contributed by atoms with Crippen molar-refractivity contribution in [1.29, 1.82) is 0 Å². The third-order valence-electron chi connectivity index (χ3n) is 4.11. The van der Waals surface area contributed by atoms with Crippen LogP contribution in [0.2, 0.25) is 0 Å². The van der Waals surface area contributed by atoms with E-state index in [1.54, 1.807) is 19.1 Å². The van der Waals surface area contributed by atoms with Crippen molar-refractivity contribution in [2.75, 3.05) is 0 Å². The lowest BCUT2D eigenvalue weighted by Crippen LogP contribution is -2.27. The fourth-order valence-electron chi connectivity index (χ4n) is 2.62. The van der Waals surface area contributed by atoms with Gasteiger partial charge in [0.05, 0.1) is 22.3 Å². The number of carbonyl (C=O) groups excluding carboxylic acids is 1. The topological polar surface area (TPSA) is 103 Å². The summed E-state index contributed by atoms with van der Waals surface area (Å²) in [6.45, 7) is 3.57. The van der Waals surface area contributed by atoms with E-state index >= 15 is 0 Å². The highest BCUT2D eigenvalue weighted by Gasteiger charge is 2.20. The number of nitro benzene ring substituents is 1. The monoisotopic (exact) mass is 429 g/mol. The summed E-state index contributed by atoms with van der Waals surface area (Å²) in [5.74, 6) is -0.361. The summed E-state index contributed by atoms with van der Waals surface area (Å²) in [7, 11) is 0. The third kappa shape index (κ3) is 4.03. The molecule has 138 valence electrons. The highest BCUT2D eigenvalue weighted by Crippen LogP contribution is 2.20. The smallest absolute Gasteiger partial charge is 0.274 e. The average molecular weight is 430 g/mol. The van der Waals surface area contributed by atoms with E-state index in [1.807, 2.05) is 31.2 Å². The third-order valence-corrected chi connectivity index (χ3v) is 4.64. The molecule has 3 rings (SSSR count). The molecule has 1 amide bonds. The van der Waals surface area contributed by atoms with Gasteiger partial charge in [0.1, 0.15) is 0 Å². The molecule has 0 spiro atoms. The molecule has 1 aromatic heterocycles. The zero-order valence-corrected chi connectivity index (χ0v) is 16.2. The lowest BCUT2D eigenvalue weighted by atomic mass is 10.1. The van der Waals surface area contributed by atoms with E-state index in [0.717, 1.165) is 10.0 Å². The number of nitro groups is 1. The van der Waals surface area contributed by atoms with E-state index in [-0.39, 0.29) is 23.3 Å². The van der Waals surface area contributed by atoms with Gasteiger partial charge in [-0.05, 0) is 37.6 Å². The van der Waals surface area contributed by atoms with Crippen LogP contribution < -0.4 is 5.32 Å². The van der Waals surface area contributed by atoms with Gasteiger partial charge in [0, 0.05) is 16.6 Å². The van der Waals surface area contributed by atoms with Gasteiger partial charge in [0.15, 0.2) is 5.69 Å². The van der Waals surface area contributed by atoms with Crippen LogP contribution in [-0.4, -0.2) is 25.8 Å². The molecule has 1 heterocycles. The molecule has 0 aliphatic heterocycles. The summed E-state index contributed by atoms with van der Waals surface area (Å²) >= 11 is 3.38. The second kappa shape index (κ2) is 7.67. The Hall–Kier alpha value is -3.07. The number of hydrogen-bond donors (Lipinski definition) is 1. The summed E-state index contributed by atoms with van der Waals surface area (Å²) in [6.07, 6.45) is 0. The molecule has 0 saturated heterocycles. The number of carbonyl (C=O) groups is 1. The van der Waals surface area contributed by atoms with Crippen LogP contribution in [0.1, 0.15) is 34.7 Å². The first-order chi connectivity index (χ1) is 12.9. The summed E-state index contributed by atoms with van der Waals surface area (Å²) in [5, 5.41) is 21.8. The lowest BCUT2D eigenvalue weighted by molar-refractivity contribution is -0.384. The van der Waals surface area contributed by atoms with Crippen LogP contribution in [0, 0.1) is 17.0 Å². The number of rotatable bonds is 5. The fourth-order valence-corrected chi connectivity index (χ4v) is 2.89. The summed E-state index contributed by atoms with van der Waals surface area (Å²) in [6, 6.07) is 13.4. The molecule has 0 bridgehead atoms. The molecule has 0 radical (unpaired) electrons. The Labute approximate surface area is 163 Å². The highest BCUT2D eigenvalue weighted by molar-refractivity contribution is 9.10. The number of amides is 1. The lowest BCUT2D eigenvalue weighted by Gasteiger charge is -2.13. The number of benzene rings is 2. The van der Waals surface area contributed by atoms with Crippen LogP contribution in [0.3, 0.4) is 0 Å². The number of nitrogens with zero attached hydrogens (tertiary/aromatic N) is 4. The molecule has 9 heteroatoms. The molecule has 1 unspecified atom stereocenters. The van der Waals surface area contributed by atoms with E-state index in [2.05, 4.69) is 31.6 Å². The van der Waals surface area contributed by atoms with E-state index in [4.69, 9.17) is 0 Å². The van der Waals surface area contributed by atoms with Crippen molar-refractivity contribution in [3.05, 3.63) is 80.1 Å². The molecule has 3 aromatic rings. The Kier molecular flexibility index (Phi) is 5.31. The standard InChI is InChI=1S/C18H16BrN5O3/c1-11(13-6-8-14(19)9-7-13)20-18(25)17-12(2)23(22-21-17)15-4-3-5-16(10-15)24(26)27/h3-11H,1-2H3,(H,20,25). The van der Waals surface area contributed by atoms with Crippen molar-refractivity contribution < 1.29 is 9.72 Å². The quantitative estimate of drug-likeness (QED) is 0.491. The molecule has 0 aliphatic carbocycles. The number of non-ortho nitro benzene ring substituents is 1. The van der Waals surface area contributed by atoms with Gasteiger partial charge in [0.25, 0.3) is 11.6 Å². The van der Waals surface area contributed by atoms with Gasteiger partial charge in [-0.3, -0.25) is 14.9 Å². The number of aromatic nitrogens is 3. The number of halogens is 1. The van der Waals surface area contributed by atoms with Gasteiger partial charge >= 0.3 is 0 Å². The number of nitrogens with one attached hydrogen (secondary N) is 1. The van der Waals surface area contributed by atoms with E-state index in [0.29, 0.717) is 11.4 Å². The second-order valence-electron chi connectivity index (χ2n) is 5.96. The second-order valence-corrected chi connectivity index (χ2v) is 6.87. The van der Waals surface area contributed by atoms with Crippen LogP contribution in [0.4, 0.5) is 5.69 Å². The summed E-state index contributed by atoms with van der Waals surface area (Å²) in [5.41, 5.74) is 2.03. The Morgan fingerprint density at radius 3 is 2.63 bits per heavy atom. The van der Waals surface area contributed by atoms with Crippen LogP contribution in [-0.2, 0) is 0 Å². The van der Waals surface area contributed by atoms with Crippen molar-refractivity contribution in [2.24, 2.45) is 0 Å². The van der Waals surface area contributed by atoms with E-state index < -0.39 is 4.92 Å². The van der Waals surface area contributed by atoms with Gasteiger partial charge in [-0.15, -0.1) is 5.10 Å². The molecular weight excluding hydrogens is 414 g/mol. The first kappa shape index (κ1) is 18.7. The minimum absolute atomic E-state index is 0.0581. The predicted molar refractivity (Wildman–Crippen MR) is 103 cm³/mol. The van der Waals surface area contributed by atoms with Crippen LogP contribution >= 0.6 is 15.9 Å². The van der Waals surface area contributed by atoms with Crippen LogP contribution in [0.15, 0.2) is 53.0 Å². The summed E-state index contributed by atoms with van der Waals surface area (Å²) in [4.78, 5) is 23.1. The van der Waals surface area contributed by atoms with Crippen molar-refractivity contribution in [2.45, 2.75) is 19.9 Å². The normalized spacial score (nSPS) is 11.8. The molecule has 0 fully saturated rings. The highest BCUT2D eigenvalue weighted by atomic mass is 79.9. The summed E-state index contributed by atoms with van der Waals surface area (Å²) < 4.78 is 2.37. The van der Waals surface area contributed by atoms with Crippen molar-refractivity contribution in [3.8, 4) is 5.69 Å². The number of hydrogen-bond acceptors (Lipinski definition) is 5. The minimum atomic E-state index is -0.483. The first-order valence-corrected chi connectivity index (χ1v) is 8.89. The van der Waals surface area contributed by atoms with Gasteiger partial charge in [-0.25, -0.2) is 4.68 Å². The fraction of sp³-hybridized carbons (Fsp3) is 0.167. The molecule has 0 saturated carbocycles. The van der Waals surface area contributed by atoms with E-state index in [9.17, 15) is 14.9 Å². The van der Waals surface area contributed by atoms with Crippen LogP contribution in [0.25, 0.3) is 5.69 Å². The molecular formula is C18H16BrN5O3. The maximum absolute atomic E-state index is 12.6. The van der Waals surface area contributed by atoms with Gasteiger partial charge < -0.3 is 5.32 Å². The van der Waals surface area contributed by atoms with E-state index in [1.165, 1.54) is 16.8 Å².